The van der Waals surface area contributed by atoms with Crippen molar-refractivity contribution in [3.63, 3.8) is 0 Å². The van der Waals surface area contributed by atoms with Crippen molar-refractivity contribution in [1.82, 2.24) is 14.9 Å². The molecular weight excluding hydrogens is 340 g/mol. The molecule has 1 unspecified atom stereocenters. The third-order valence-electron chi connectivity index (χ3n) is 3.99. The van der Waals surface area contributed by atoms with E-state index in [4.69, 9.17) is 16.3 Å². The topological polar surface area (TPSA) is 67.3 Å². The smallest absolute Gasteiger partial charge is 0.321 e. The van der Waals surface area contributed by atoms with Gasteiger partial charge < -0.3 is 15.0 Å². The van der Waals surface area contributed by atoms with Crippen LogP contribution in [0.5, 0.6) is 6.01 Å². The van der Waals surface area contributed by atoms with Crippen LogP contribution in [0.3, 0.4) is 0 Å². The summed E-state index contributed by atoms with van der Waals surface area (Å²) in [5.41, 5.74) is 2.46. The number of hydrogen-bond acceptors (Lipinski definition) is 4. The van der Waals surface area contributed by atoms with E-state index < -0.39 is 0 Å². The van der Waals surface area contributed by atoms with E-state index in [1.807, 2.05) is 19.9 Å². The van der Waals surface area contributed by atoms with Gasteiger partial charge in [0.15, 0.2) is 0 Å². The van der Waals surface area contributed by atoms with Gasteiger partial charge in [-0.2, -0.15) is 0 Å². The van der Waals surface area contributed by atoms with Crippen LogP contribution in [0.4, 0.5) is 10.5 Å². The summed E-state index contributed by atoms with van der Waals surface area (Å²) in [5.74, 6) is 0. The number of amides is 2. The summed E-state index contributed by atoms with van der Waals surface area (Å²) in [6.45, 7) is 5.03. The highest BCUT2D eigenvalue weighted by Gasteiger charge is 2.25. The lowest BCUT2D eigenvalue weighted by Crippen LogP contribution is -2.46. The molecule has 1 aromatic heterocycles. The van der Waals surface area contributed by atoms with E-state index in [1.54, 1.807) is 29.2 Å². The molecule has 1 aliphatic rings. The van der Waals surface area contributed by atoms with Gasteiger partial charge in [-0.1, -0.05) is 11.6 Å². The molecule has 0 saturated carbocycles. The molecule has 7 heteroatoms. The van der Waals surface area contributed by atoms with Crippen molar-refractivity contribution >= 4 is 23.3 Å². The Hall–Kier alpha value is -2.34. The van der Waals surface area contributed by atoms with Crippen molar-refractivity contribution < 1.29 is 9.53 Å². The molecule has 1 fully saturated rings. The van der Waals surface area contributed by atoms with Crippen molar-refractivity contribution in [2.45, 2.75) is 32.8 Å². The standard InChI is InChI=1S/C18H21ClN4O2/c1-12-10-13(2)21-17(20-12)25-16-4-3-9-23(11-16)18(24)22-15-7-5-14(19)6-8-15/h5-8,10,16H,3-4,9,11H2,1-2H3,(H,22,24). The van der Waals surface area contributed by atoms with E-state index in [9.17, 15) is 4.79 Å². The Morgan fingerprint density at radius 3 is 2.60 bits per heavy atom. The van der Waals surface area contributed by atoms with E-state index in [-0.39, 0.29) is 12.1 Å². The Labute approximate surface area is 152 Å². The zero-order valence-electron chi connectivity index (χ0n) is 14.3. The van der Waals surface area contributed by atoms with E-state index in [1.165, 1.54) is 0 Å². The quantitative estimate of drug-likeness (QED) is 0.903. The highest BCUT2D eigenvalue weighted by molar-refractivity contribution is 6.30. The number of aromatic nitrogens is 2. The molecule has 6 nitrogen and oxygen atoms in total. The maximum Gasteiger partial charge on any atom is 0.321 e. The number of halogens is 1. The molecule has 0 spiro atoms. The number of ether oxygens (including phenoxy) is 1. The highest BCUT2D eigenvalue weighted by Crippen LogP contribution is 2.18. The molecule has 1 aliphatic heterocycles. The summed E-state index contributed by atoms with van der Waals surface area (Å²) in [5, 5.41) is 3.52. The lowest BCUT2D eigenvalue weighted by atomic mass is 10.1. The summed E-state index contributed by atoms with van der Waals surface area (Å²) in [6.07, 6.45) is 1.65. The Morgan fingerprint density at radius 1 is 1.24 bits per heavy atom. The predicted octanol–water partition coefficient (Wildman–Crippen LogP) is 3.82. The minimum absolute atomic E-state index is 0.106. The molecule has 2 amide bonds. The largest absolute Gasteiger partial charge is 0.458 e. The van der Waals surface area contributed by atoms with Crippen LogP contribution in [0.15, 0.2) is 30.3 Å². The number of nitrogens with one attached hydrogen (secondary N) is 1. The van der Waals surface area contributed by atoms with Gasteiger partial charge in [-0.05, 0) is 57.0 Å². The van der Waals surface area contributed by atoms with Crippen molar-refractivity contribution in [3.05, 3.63) is 46.7 Å². The predicted molar refractivity (Wildman–Crippen MR) is 97.2 cm³/mol. The molecule has 0 radical (unpaired) electrons. The summed E-state index contributed by atoms with van der Waals surface area (Å²) in [4.78, 5) is 22.8. The van der Waals surface area contributed by atoms with Gasteiger partial charge in [0.2, 0.25) is 0 Å². The maximum atomic E-state index is 12.5. The number of carbonyl (C=O) groups is 1. The number of hydrogen-bond donors (Lipinski definition) is 1. The minimum Gasteiger partial charge on any atom is -0.458 e. The number of piperidine rings is 1. The van der Waals surface area contributed by atoms with E-state index >= 15 is 0 Å². The summed E-state index contributed by atoms with van der Waals surface area (Å²) < 4.78 is 5.90. The SMILES string of the molecule is Cc1cc(C)nc(OC2CCCN(C(=O)Nc3ccc(Cl)cc3)C2)n1. The van der Waals surface area contributed by atoms with Crippen molar-refractivity contribution in [3.8, 4) is 6.01 Å². The molecule has 0 aliphatic carbocycles. The third-order valence-corrected chi connectivity index (χ3v) is 4.25. The molecule has 1 aromatic carbocycles. The molecule has 0 bridgehead atoms. The zero-order valence-corrected chi connectivity index (χ0v) is 15.1. The van der Waals surface area contributed by atoms with Gasteiger partial charge >= 0.3 is 12.0 Å². The molecule has 1 saturated heterocycles. The molecule has 2 heterocycles. The normalized spacial score (nSPS) is 17.2. The molecule has 25 heavy (non-hydrogen) atoms. The molecule has 3 rings (SSSR count). The minimum atomic E-state index is -0.142. The van der Waals surface area contributed by atoms with Gasteiger partial charge in [0.05, 0.1) is 6.54 Å². The van der Waals surface area contributed by atoms with E-state index in [2.05, 4.69) is 15.3 Å². The van der Waals surface area contributed by atoms with E-state index in [0.29, 0.717) is 24.1 Å². The Morgan fingerprint density at radius 2 is 1.92 bits per heavy atom. The maximum absolute atomic E-state index is 12.5. The number of urea groups is 1. The van der Waals surface area contributed by atoms with Crippen LogP contribution in [-0.4, -0.2) is 40.1 Å². The Balaban J connectivity index is 1.60. The van der Waals surface area contributed by atoms with Crippen molar-refractivity contribution in [2.75, 3.05) is 18.4 Å². The molecule has 1 atom stereocenters. The van der Waals surface area contributed by atoms with Gasteiger partial charge in [0.1, 0.15) is 6.10 Å². The summed E-state index contributed by atoms with van der Waals surface area (Å²) in [7, 11) is 0. The van der Waals surface area contributed by atoms with Crippen molar-refractivity contribution in [1.29, 1.82) is 0 Å². The fourth-order valence-electron chi connectivity index (χ4n) is 2.85. The highest BCUT2D eigenvalue weighted by atomic mass is 35.5. The second-order valence-corrected chi connectivity index (χ2v) is 6.63. The second-order valence-electron chi connectivity index (χ2n) is 6.20. The van der Waals surface area contributed by atoms with Gasteiger partial charge in [-0.3, -0.25) is 0 Å². The van der Waals surface area contributed by atoms with Gasteiger partial charge in [0.25, 0.3) is 0 Å². The number of rotatable bonds is 3. The van der Waals surface area contributed by atoms with Crippen molar-refractivity contribution in [2.24, 2.45) is 0 Å². The number of aryl methyl sites for hydroxylation is 2. The average molecular weight is 361 g/mol. The van der Waals surface area contributed by atoms with E-state index in [0.717, 1.165) is 29.9 Å². The summed E-state index contributed by atoms with van der Waals surface area (Å²) in [6, 6.07) is 9.19. The fraction of sp³-hybridized carbons (Fsp3) is 0.389. The second kappa shape index (κ2) is 7.70. The zero-order chi connectivity index (χ0) is 17.8. The lowest BCUT2D eigenvalue weighted by Gasteiger charge is -2.32. The number of likely N-dealkylation sites (tertiary alicyclic amines) is 1. The number of nitrogens with zero attached hydrogens (tertiary/aromatic N) is 3. The van der Waals surface area contributed by atoms with Crippen LogP contribution in [0.25, 0.3) is 0 Å². The molecule has 2 aromatic rings. The van der Waals surface area contributed by atoms with Crippen LogP contribution >= 0.6 is 11.6 Å². The van der Waals surface area contributed by atoms with Crippen LogP contribution in [0.1, 0.15) is 24.2 Å². The van der Waals surface area contributed by atoms with Crippen LogP contribution < -0.4 is 10.1 Å². The first-order valence-corrected chi connectivity index (χ1v) is 8.68. The van der Waals surface area contributed by atoms with Crippen LogP contribution in [-0.2, 0) is 0 Å². The molecule has 132 valence electrons. The Kier molecular flexibility index (Phi) is 5.38. The average Bonchev–Trinajstić information content (AvgIpc) is 2.56. The number of anilines is 1. The first kappa shape index (κ1) is 17.5. The molecule has 1 N–H and O–H groups in total. The fourth-order valence-corrected chi connectivity index (χ4v) is 2.98. The van der Waals surface area contributed by atoms with Gasteiger partial charge in [-0.15, -0.1) is 0 Å². The van der Waals surface area contributed by atoms with Crippen LogP contribution in [0.2, 0.25) is 5.02 Å². The molecular formula is C18H21ClN4O2. The van der Waals surface area contributed by atoms with Crippen LogP contribution in [0, 0.1) is 13.8 Å². The summed E-state index contributed by atoms with van der Waals surface area (Å²) >= 11 is 5.86. The first-order chi connectivity index (χ1) is 12.0. The number of benzene rings is 1. The Bertz CT molecular complexity index is 731. The first-order valence-electron chi connectivity index (χ1n) is 8.30. The lowest BCUT2D eigenvalue weighted by molar-refractivity contribution is 0.0980. The van der Waals surface area contributed by atoms with Gasteiger partial charge in [-0.25, -0.2) is 14.8 Å². The van der Waals surface area contributed by atoms with Gasteiger partial charge in [0, 0.05) is 28.6 Å². The third kappa shape index (κ3) is 4.82. The number of carbonyl (C=O) groups excluding carboxylic acids is 1. The monoisotopic (exact) mass is 360 g/mol.